The Hall–Kier alpha value is -7.79. The van der Waals surface area contributed by atoms with Crippen LogP contribution in [-0.4, -0.2) is 101 Å². The van der Waals surface area contributed by atoms with Crippen molar-refractivity contribution in [3.05, 3.63) is 221 Å². The predicted molar refractivity (Wildman–Crippen MR) is 352 cm³/mol. The molecule has 2 fully saturated rings. The van der Waals surface area contributed by atoms with Crippen molar-refractivity contribution in [1.82, 2.24) is 14.8 Å². The summed E-state index contributed by atoms with van der Waals surface area (Å²) in [4.78, 5) is 33.7. The number of rotatable bonds is 31. The molecular formula is C77H89FN4O9. The Morgan fingerprint density at radius 3 is 1.54 bits per heavy atom. The molecule has 14 heteroatoms. The lowest BCUT2D eigenvalue weighted by Gasteiger charge is -2.52. The van der Waals surface area contributed by atoms with Crippen molar-refractivity contribution in [1.29, 1.82) is 0 Å². The highest BCUT2D eigenvalue weighted by Crippen LogP contribution is 2.47. The van der Waals surface area contributed by atoms with Gasteiger partial charge in [0.05, 0.1) is 12.0 Å². The Labute approximate surface area is 538 Å². The minimum atomic E-state index is -1.89. The molecule has 6 aromatic carbocycles. The second-order valence-electron chi connectivity index (χ2n) is 23.7. The fourth-order valence-corrected chi connectivity index (χ4v) is 12.3. The van der Waals surface area contributed by atoms with Gasteiger partial charge in [0, 0.05) is 56.8 Å². The lowest BCUT2D eigenvalue weighted by atomic mass is 9.74. The number of β-lactam (4-membered cyclic amide) rings is 1. The SMILES string of the molecule is CCCCOC1[C@@H](OCCCC)[C@H](OCCCC)C(O)(C#Cc2ccc([C@@H]3[C@@H](CC[C@H](OC(C)=O)c4ccc(F)cc4)C(=O)N3c3ccc(C#Cc4ncn(C(c5ccccc5)(c5ccccc5)c5ccccc5)n4)cc3)cc2)[C@H](OCCCC)[C@H]1OCCCC. The van der Waals surface area contributed by atoms with Crippen LogP contribution in [0, 0.1) is 35.4 Å². The minimum absolute atomic E-state index is 0.104. The Morgan fingerprint density at radius 2 is 1.05 bits per heavy atom. The van der Waals surface area contributed by atoms with Crippen molar-refractivity contribution in [3.63, 3.8) is 0 Å². The van der Waals surface area contributed by atoms with Crippen molar-refractivity contribution >= 4 is 17.6 Å². The van der Waals surface area contributed by atoms with Crippen molar-refractivity contribution in [3.8, 4) is 23.7 Å². The van der Waals surface area contributed by atoms with Gasteiger partial charge in [0.2, 0.25) is 11.7 Å². The van der Waals surface area contributed by atoms with Crippen LogP contribution in [0.3, 0.4) is 0 Å². The Kier molecular flexibility index (Phi) is 24.9. The summed E-state index contributed by atoms with van der Waals surface area (Å²) in [5.74, 6) is 12.0. The summed E-state index contributed by atoms with van der Waals surface area (Å²) < 4.78 is 55.7. The van der Waals surface area contributed by atoms with E-state index in [1.165, 1.54) is 19.1 Å². The first kappa shape index (κ1) is 67.6. The monoisotopic (exact) mass is 1230 g/mol. The summed E-state index contributed by atoms with van der Waals surface area (Å²) in [6, 6.07) is 51.6. The van der Waals surface area contributed by atoms with Crippen LogP contribution in [0.4, 0.5) is 10.1 Å². The minimum Gasteiger partial charge on any atom is -0.458 e. The van der Waals surface area contributed by atoms with Crippen molar-refractivity contribution in [2.24, 2.45) is 5.92 Å². The van der Waals surface area contributed by atoms with Gasteiger partial charge >= 0.3 is 5.97 Å². The van der Waals surface area contributed by atoms with Crippen molar-refractivity contribution in [2.45, 2.75) is 172 Å². The molecule has 0 bridgehead atoms. The van der Waals surface area contributed by atoms with Crippen LogP contribution >= 0.6 is 0 Å². The molecule has 478 valence electrons. The number of ether oxygens (including phenoxy) is 6. The molecule has 1 aliphatic carbocycles. The summed E-state index contributed by atoms with van der Waals surface area (Å²) in [5.41, 5.74) is 3.77. The molecule has 0 spiro atoms. The zero-order valence-electron chi connectivity index (χ0n) is 53.7. The van der Waals surface area contributed by atoms with Crippen LogP contribution < -0.4 is 4.90 Å². The third-order valence-corrected chi connectivity index (χ3v) is 17.2. The quantitative estimate of drug-likeness (QED) is 0.0146. The van der Waals surface area contributed by atoms with Gasteiger partial charge in [0.25, 0.3) is 0 Å². The average Bonchev–Trinajstić information content (AvgIpc) is 1.34. The van der Waals surface area contributed by atoms with Gasteiger partial charge in [-0.15, -0.1) is 5.10 Å². The van der Waals surface area contributed by atoms with Crippen molar-refractivity contribution < 1.29 is 47.5 Å². The molecule has 91 heavy (non-hydrogen) atoms. The molecule has 0 radical (unpaired) electrons. The number of unbranched alkanes of at least 4 members (excludes halogenated alkanes) is 5. The van der Waals surface area contributed by atoms with E-state index < -0.39 is 71.5 Å². The van der Waals surface area contributed by atoms with E-state index in [2.05, 4.69) is 94.7 Å². The summed E-state index contributed by atoms with van der Waals surface area (Å²) in [6.07, 6.45) is 6.39. The lowest BCUT2D eigenvalue weighted by Crippen LogP contribution is -2.73. The number of hydrogen-bond donors (Lipinski definition) is 1. The maximum absolute atomic E-state index is 14.7. The number of esters is 1. The summed E-state index contributed by atoms with van der Waals surface area (Å²) in [6.45, 7) is 14.1. The van der Waals surface area contributed by atoms with Gasteiger partial charge in [-0.05, 0) is 127 Å². The topological polar surface area (TPSA) is 144 Å². The van der Waals surface area contributed by atoms with Crippen LogP contribution in [0.1, 0.15) is 176 Å². The number of amides is 1. The second-order valence-corrected chi connectivity index (χ2v) is 23.7. The predicted octanol–water partition coefficient (Wildman–Crippen LogP) is 14.5. The van der Waals surface area contributed by atoms with Gasteiger partial charge in [-0.3, -0.25) is 9.59 Å². The Bertz CT molecular complexity index is 3360. The van der Waals surface area contributed by atoms with Crippen LogP contribution in [0.15, 0.2) is 170 Å². The molecule has 1 aliphatic heterocycles. The molecule has 13 nitrogen and oxygen atoms in total. The molecular weight excluding hydrogens is 1140 g/mol. The number of carbonyl (C=O) groups is 2. The molecule has 1 N–H and O–H groups in total. The molecule has 2 heterocycles. The molecule has 7 aromatic rings. The van der Waals surface area contributed by atoms with E-state index in [1.807, 2.05) is 108 Å². The Morgan fingerprint density at radius 1 is 0.593 bits per heavy atom. The number of aliphatic hydroxyl groups is 1. The van der Waals surface area contributed by atoms with Crippen LogP contribution in [0.5, 0.6) is 0 Å². The van der Waals surface area contributed by atoms with Gasteiger partial charge in [-0.1, -0.05) is 200 Å². The molecule has 1 saturated carbocycles. The molecule has 9 rings (SSSR count). The van der Waals surface area contributed by atoms with Crippen LogP contribution in [-0.2, 0) is 43.5 Å². The third kappa shape index (κ3) is 16.3. The zero-order chi connectivity index (χ0) is 64.0. The van der Waals surface area contributed by atoms with E-state index in [1.54, 1.807) is 23.4 Å². The fraction of sp³-hybridized carbons (Fsp3) is 0.429. The zero-order valence-corrected chi connectivity index (χ0v) is 53.7. The van der Waals surface area contributed by atoms with Gasteiger partial charge < -0.3 is 38.4 Å². The molecule has 9 atom stereocenters. The first-order valence-electron chi connectivity index (χ1n) is 32.9. The van der Waals surface area contributed by atoms with Crippen LogP contribution in [0.25, 0.3) is 0 Å². The number of benzene rings is 6. The first-order valence-corrected chi connectivity index (χ1v) is 32.9. The number of aromatic nitrogens is 3. The second kappa shape index (κ2) is 33.5. The fourth-order valence-electron chi connectivity index (χ4n) is 12.3. The summed E-state index contributed by atoms with van der Waals surface area (Å²) in [7, 11) is 0. The maximum atomic E-state index is 14.7. The average molecular weight is 1230 g/mol. The Balaban J connectivity index is 1.05. The number of carbonyl (C=O) groups excluding carboxylic acids is 2. The molecule has 1 aromatic heterocycles. The summed E-state index contributed by atoms with van der Waals surface area (Å²) >= 11 is 0. The molecule has 2 aliphatic rings. The highest BCUT2D eigenvalue weighted by molar-refractivity contribution is 6.03. The highest BCUT2D eigenvalue weighted by Gasteiger charge is 2.62. The maximum Gasteiger partial charge on any atom is 0.303 e. The van der Waals surface area contributed by atoms with Gasteiger partial charge in [-0.25, -0.2) is 14.1 Å². The standard InChI is InChI=1S/C77H89FN4O9/c1-7-12-50-86-70-71(87-51-13-8-2)73(89-53-15-10-4)76(85,74(90-54-16-11-5)72(70)88-52-14-9-3)49-48-58-32-37-60(38-33-58)69-66(45-46-67(91-56(6)83)59-39-41-64(78)42-40-59)75(84)82(69)65-43-34-57(35-44-65)36-47-68-79-55-81(80-68)77(61-26-20-17-21-27-61,62-28-22-18-23-29-62)63-30-24-19-25-31-63/h17-35,37-44,55,66-67,69-74,85H,7-16,45-46,50-54H2,1-6H3/t66-,67+,69-,70?,71-,72+,73+,74-,76?/m1/s1. The van der Waals surface area contributed by atoms with E-state index >= 15 is 0 Å². The highest BCUT2D eigenvalue weighted by atomic mass is 19.1. The van der Waals surface area contributed by atoms with E-state index in [9.17, 15) is 19.1 Å². The summed E-state index contributed by atoms with van der Waals surface area (Å²) in [5, 5.41) is 18.5. The third-order valence-electron chi connectivity index (χ3n) is 17.2. The molecule has 2 unspecified atom stereocenters. The largest absolute Gasteiger partial charge is 0.458 e. The van der Waals surface area contributed by atoms with Gasteiger partial charge in [0.1, 0.15) is 54.3 Å². The number of anilines is 1. The van der Waals surface area contributed by atoms with Crippen LogP contribution in [0.2, 0.25) is 0 Å². The normalized spacial score (nSPS) is 20.8. The first-order chi connectivity index (χ1) is 44.5. The number of nitrogens with zero attached hydrogens (tertiary/aromatic N) is 4. The van der Waals surface area contributed by atoms with Gasteiger partial charge in [0.15, 0.2) is 5.60 Å². The smallest absolute Gasteiger partial charge is 0.303 e. The van der Waals surface area contributed by atoms with Crippen molar-refractivity contribution in [2.75, 3.05) is 37.9 Å². The number of hydrogen-bond acceptors (Lipinski definition) is 11. The molecule has 1 saturated heterocycles. The number of halogens is 1. The molecule has 1 amide bonds. The van der Waals surface area contributed by atoms with E-state index in [-0.39, 0.29) is 5.91 Å². The van der Waals surface area contributed by atoms with E-state index in [0.717, 1.165) is 86.5 Å². The lowest BCUT2D eigenvalue weighted by molar-refractivity contribution is -0.293. The van der Waals surface area contributed by atoms with E-state index in [4.69, 9.17) is 38.5 Å². The van der Waals surface area contributed by atoms with Gasteiger partial charge in [-0.2, -0.15) is 0 Å². The van der Waals surface area contributed by atoms with E-state index in [0.29, 0.717) is 74.1 Å².